The van der Waals surface area contributed by atoms with Gasteiger partial charge in [0.1, 0.15) is 11.5 Å². The van der Waals surface area contributed by atoms with Crippen LogP contribution in [0.15, 0.2) is 18.2 Å². The monoisotopic (exact) mass is 246 g/mol. The van der Waals surface area contributed by atoms with Crippen molar-refractivity contribution in [1.29, 1.82) is 5.26 Å². The highest BCUT2D eigenvalue weighted by atomic mass is 16.2. The molecule has 0 aliphatic carbocycles. The third-order valence-electron chi connectivity index (χ3n) is 2.43. The number of anilines is 1. The summed E-state index contributed by atoms with van der Waals surface area (Å²) in [4.78, 5) is 17.8. The summed E-state index contributed by atoms with van der Waals surface area (Å²) in [6.07, 6.45) is 1.33. The van der Waals surface area contributed by atoms with Crippen LogP contribution >= 0.6 is 0 Å². The summed E-state index contributed by atoms with van der Waals surface area (Å²) in [6, 6.07) is 7.34. The van der Waals surface area contributed by atoms with Crippen LogP contribution in [0.25, 0.3) is 0 Å². The van der Waals surface area contributed by atoms with Crippen molar-refractivity contribution in [2.45, 2.75) is 19.8 Å². The summed E-state index contributed by atoms with van der Waals surface area (Å²) in [7, 11) is 1.67. The molecule has 5 heteroatoms. The van der Waals surface area contributed by atoms with Crippen molar-refractivity contribution in [3.8, 4) is 6.07 Å². The van der Waals surface area contributed by atoms with Gasteiger partial charge in [0.25, 0.3) is 5.91 Å². The molecule has 1 aromatic heterocycles. The summed E-state index contributed by atoms with van der Waals surface area (Å²) in [5, 5.41) is 11.6. The maximum absolute atomic E-state index is 12.0. The van der Waals surface area contributed by atoms with E-state index in [9.17, 15) is 4.79 Å². The number of hydrogen-bond donors (Lipinski definition) is 1. The standard InChI is InChI=1S/C13H18N4O/c1-3-9-15-12-7-4-6-11(16-12)13(18)17(2)10-5-8-14/h4,6-7H,3,5,9-10H2,1-2H3,(H,15,16). The lowest BCUT2D eigenvalue weighted by atomic mass is 10.3. The quantitative estimate of drug-likeness (QED) is 0.832. The first kappa shape index (κ1) is 14.0. The fraction of sp³-hybridized carbons (Fsp3) is 0.462. The first-order chi connectivity index (χ1) is 8.69. The Hall–Kier alpha value is -2.09. The molecule has 0 saturated heterocycles. The fourth-order valence-electron chi connectivity index (χ4n) is 1.42. The van der Waals surface area contributed by atoms with Crippen LogP contribution in [0, 0.1) is 11.3 Å². The van der Waals surface area contributed by atoms with Crippen molar-refractivity contribution in [2.75, 3.05) is 25.5 Å². The molecular weight excluding hydrogens is 228 g/mol. The molecule has 1 amide bonds. The van der Waals surface area contributed by atoms with Crippen LogP contribution in [0.4, 0.5) is 5.82 Å². The normalized spacial score (nSPS) is 9.61. The number of amides is 1. The second-order valence-electron chi connectivity index (χ2n) is 3.97. The Morgan fingerprint density at radius 2 is 2.33 bits per heavy atom. The van der Waals surface area contributed by atoms with Gasteiger partial charge < -0.3 is 10.2 Å². The molecule has 0 radical (unpaired) electrons. The molecule has 0 fully saturated rings. The van der Waals surface area contributed by atoms with Crippen LogP contribution in [0.5, 0.6) is 0 Å². The summed E-state index contributed by atoms with van der Waals surface area (Å²) in [5.41, 5.74) is 0.400. The molecule has 0 unspecified atom stereocenters. The number of hydrogen-bond acceptors (Lipinski definition) is 4. The van der Waals surface area contributed by atoms with Gasteiger partial charge in [-0.25, -0.2) is 4.98 Å². The minimum atomic E-state index is -0.162. The Labute approximate surface area is 107 Å². The molecule has 18 heavy (non-hydrogen) atoms. The zero-order valence-corrected chi connectivity index (χ0v) is 10.8. The maximum atomic E-state index is 12.0. The number of nitrogens with zero attached hydrogens (tertiary/aromatic N) is 3. The van der Waals surface area contributed by atoms with E-state index in [4.69, 9.17) is 5.26 Å². The molecule has 0 bridgehead atoms. The van der Waals surface area contributed by atoms with Crippen LogP contribution < -0.4 is 5.32 Å². The van der Waals surface area contributed by atoms with E-state index in [2.05, 4.69) is 17.2 Å². The lowest BCUT2D eigenvalue weighted by Gasteiger charge is -2.15. The van der Waals surface area contributed by atoms with Gasteiger partial charge in [-0.1, -0.05) is 13.0 Å². The second-order valence-corrected chi connectivity index (χ2v) is 3.97. The zero-order chi connectivity index (χ0) is 13.4. The molecule has 0 aromatic carbocycles. The highest BCUT2D eigenvalue weighted by molar-refractivity contribution is 5.92. The van der Waals surface area contributed by atoms with Gasteiger partial charge in [-0.05, 0) is 18.6 Å². The number of carbonyl (C=O) groups is 1. The van der Waals surface area contributed by atoms with Crippen molar-refractivity contribution >= 4 is 11.7 Å². The molecule has 1 N–H and O–H groups in total. The predicted octanol–water partition coefficient (Wildman–Crippen LogP) is 1.89. The number of pyridine rings is 1. The molecule has 1 heterocycles. The number of carbonyl (C=O) groups excluding carboxylic acids is 1. The number of nitriles is 1. The highest BCUT2D eigenvalue weighted by Crippen LogP contribution is 2.07. The van der Waals surface area contributed by atoms with E-state index >= 15 is 0 Å². The largest absolute Gasteiger partial charge is 0.370 e. The van der Waals surface area contributed by atoms with Crippen molar-refractivity contribution in [1.82, 2.24) is 9.88 Å². The van der Waals surface area contributed by atoms with Crippen LogP contribution in [-0.4, -0.2) is 35.9 Å². The average molecular weight is 246 g/mol. The van der Waals surface area contributed by atoms with Gasteiger partial charge in [0, 0.05) is 20.1 Å². The van der Waals surface area contributed by atoms with E-state index in [-0.39, 0.29) is 5.91 Å². The van der Waals surface area contributed by atoms with Crippen molar-refractivity contribution < 1.29 is 4.79 Å². The molecule has 0 aliphatic heterocycles. The van der Waals surface area contributed by atoms with Crippen molar-refractivity contribution in [3.05, 3.63) is 23.9 Å². The van der Waals surface area contributed by atoms with Crippen LogP contribution in [0.1, 0.15) is 30.3 Å². The predicted molar refractivity (Wildman–Crippen MR) is 70.2 cm³/mol. The average Bonchev–Trinajstić information content (AvgIpc) is 2.42. The molecule has 0 aliphatic rings. The van der Waals surface area contributed by atoms with E-state index in [0.29, 0.717) is 24.5 Å². The van der Waals surface area contributed by atoms with Crippen LogP contribution in [-0.2, 0) is 0 Å². The molecule has 1 rings (SSSR count). The second kappa shape index (κ2) is 7.28. The van der Waals surface area contributed by atoms with Gasteiger partial charge in [-0.2, -0.15) is 5.26 Å². The SMILES string of the molecule is CCCNc1cccc(C(=O)N(C)CCC#N)n1. The summed E-state index contributed by atoms with van der Waals surface area (Å²) >= 11 is 0. The number of nitrogens with one attached hydrogen (secondary N) is 1. The fourth-order valence-corrected chi connectivity index (χ4v) is 1.42. The Kier molecular flexibility index (Phi) is 5.65. The summed E-state index contributed by atoms with van der Waals surface area (Å²) < 4.78 is 0. The van der Waals surface area contributed by atoms with E-state index in [0.717, 1.165) is 13.0 Å². The number of aromatic nitrogens is 1. The minimum Gasteiger partial charge on any atom is -0.370 e. The van der Waals surface area contributed by atoms with Gasteiger partial charge in [0.05, 0.1) is 12.5 Å². The number of rotatable bonds is 6. The highest BCUT2D eigenvalue weighted by Gasteiger charge is 2.12. The first-order valence-corrected chi connectivity index (χ1v) is 6.02. The van der Waals surface area contributed by atoms with Gasteiger partial charge in [0.2, 0.25) is 0 Å². The van der Waals surface area contributed by atoms with E-state index < -0.39 is 0 Å². The van der Waals surface area contributed by atoms with Gasteiger partial charge in [-0.3, -0.25) is 4.79 Å². The van der Waals surface area contributed by atoms with Gasteiger partial charge in [0.15, 0.2) is 0 Å². The Morgan fingerprint density at radius 3 is 3.00 bits per heavy atom. The first-order valence-electron chi connectivity index (χ1n) is 6.02. The van der Waals surface area contributed by atoms with Gasteiger partial charge >= 0.3 is 0 Å². The molecular formula is C13H18N4O. The molecule has 0 atom stereocenters. The van der Waals surface area contributed by atoms with E-state index in [1.165, 1.54) is 4.90 Å². The topological polar surface area (TPSA) is 69.0 Å². The third kappa shape index (κ3) is 4.06. The molecule has 0 spiro atoms. The molecule has 1 aromatic rings. The van der Waals surface area contributed by atoms with E-state index in [1.807, 2.05) is 12.1 Å². The lowest BCUT2D eigenvalue weighted by molar-refractivity contribution is 0.0792. The van der Waals surface area contributed by atoms with Crippen LogP contribution in [0.2, 0.25) is 0 Å². The summed E-state index contributed by atoms with van der Waals surface area (Å²) in [5.74, 6) is 0.543. The zero-order valence-electron chi connectivity index (χ0n) is 10.8. The van der Waals surface area contributed by atoms with Crippen LogP contribution in [0.3, 0.4) is 0 Å². The molecule has 5 nitrogen and oxygen atoms in total. The van der Waals surface area contributed by atoms with Crippen molar-refractivity contribution in [2.24, 2.45) is 0 Å². The molecule has 96 valence electrons. The maximum Gasteiger partial charge on any atom is 0.272 e. The third-order valence-corrected chi connectivity index (χ3v) is 2.43. The Bertz CT molecular complexity index is 439. The minimum absolute atomic E-state index is 0.162. The smallest absolute Gasteiger partial charge is 0.272 e. The Balaban J connectivity index is 2.70. The Morgan fingerprint density at radius 1 is 1.56 bits per heavy atom. The van der Waals surface area contributed by atoms with Gasteiger partial charge in [-0.15, -0.1) is 0 Å². The van der Waals surface area contributed by atoms with Crippen molar-refractivity contribution in [3.63, 3.8) is 0 Å². The molecule has 0 saturated carbocycles. The summed E-state index contributed by atoms with van der Waals surface area (Å²) in [6.45, 7) is 3.32. The lowest BCUT2D eigenvalue weighted by Crippen LogP contribution is -2.28. The van der Waals surface area contributed by atoms with E-state index in [1.54, 1.807) is 19.2 Å².